The maximum atomic E-state index is 14.3. The van der Waals surface area contributed by atoms with Gasteiger partial charge in [-0.15, -0.1) is 0 Å². The predicted octanol–water partition coefficient (Wildman–Crippen LogP) is -5.99. The van der Waals surface area contributed by atoms with Crippen molar-refractivity contribution < 1.29 is 58.2 Å². The van der Waals surface area contributed by atoms with Crippen LogP contribution in [0.3, 0.4) is 0 Å². The number of carbonyl (C=O) groups excluding carboxylic acids is 10. The minimum atomic E-state index is -1.65. The first-order valence-corrected chi connectivity index (χ1v) is 23.5. The van der Waals surface area contributed by atoms with E-state index in [1.54, 1.807) is 58.0 Å². The van der Waals surface area contributed by atoms with E-state index in [9.17, 15) is 58.2 Å². The fraction of sp³-hybridized carbons (Fsp3) is 0.644. The molecule has 0 bridgehead atoms. The van der Waals surface area contributed by atoms with Crippen LogP contribution in [0.15, 0.2) is 30.3 Å². The van der Waals surface area contributed by atoms with Crippen molar-refractivity contribution in [3.05, 3.63) is 35.9 Å². The molecule has 0 spiro atoms. The smallest absolute Gasteiger partial charge is 0.245 e. The quantitative estimate of drug-likeness (QED) is 0.0733. The summed E-state index contributed by atoms with van der Waals surface area (Å²) in [7, 11) is 0. The van der Waals surface area contributed by atoms with E-state index >= 15 is 0 Å². The largest absolute Gasteiger partial charge is 0.394 e. The molecular weight excluding hydrogens is 915 g/mol. The van der Waals surface area contributed by atoms with Gasteiger partial charge in [0, 0.05) is 18.4 Å². The number of benzene rings is 1. The van der Waals surface area contributed by atoms with Crippen molar-refractivity contribution in [1.29, 1.82) is 0 Å². The van der Waals surface area contributed by atoms with Crippen molar-refractivity contribution in [2.75, 3.05) is 32.8 Å². The zero-order valence-electron chi connectivity index (χ0n) is 40.4. The average molecular weight is 988 g/mol. The van der Waals surface area contributed by atoms with Crippen LogP contribution >= 0.6 is 0 Å². The Bertz CT molecular complexity index is 2010. The Kier molecular flexibility index (Phi) is 23.0. The highest BCUT2D eigenvalue weighted by molar-refractivity contribution is 5.99. The molecule has 0 radical (unpaired) electrons. The summed E-state index contributed by atoms with van der Waals surface area (Å²) in [5, 5.41) is 46.1. The minimum absolute atomic E-state index is 0.0661. The van der Waals surface area contributed by atoms with E-state index < -0.39 is 145 Å². The number of hydrogen-bond donors (Lipinski definition) is 15. The third-order valence-corrected chi connectivity index (χ3v) is 11.7. The van der Waals surface area contributed by atoms with Crippen molar-refractivity contribution in [3.63, 3.8) is 0 Å². The zero-order chi connectivity index (χ0) is 52.3. The lowest BCUT2D eigenvalue weighted by atomic mass is 9.89. The van der Waals surface area contributed by atoms with Gasteiger partial charge >= 0.3 is 0 Å². The van der Waals surface area contributed by atoms with Crippen LogP contribution in [0.5, 0.6) is 0 Å². The standard InChI is InChI=1S/C45H73N13O12/c1-23(2)19-30-39(65)52-26(11-15-46)35(61)51-28(13-17-48)38(64)58-34(24(3)60)43(69)49-18-14-29(53-42(68)33(22-59)56-41(67)32-21-45(4,5)44(70)57-32)37(63)50-27(12-16-47)36(62)55-31(40(66)54-30)20-25-9-7-6-8-10-25/h6-10,23-24,26-34,59-60H,11-22,46-48H2,1-5H3,(H,49,69)(H,50,63)(H,51,61)(H,52,65)(H,53,68)(H,54,66)(H,55,62)(H,56,67)(H,57,70)(H,58,64)/t24-,26+,27+,28+,29+,30+,31-,32+,33-,34+/m1/s1. The summed E-state index contributed by atoms with van der Waals surface area (Å²) in [6, 6.07) is -4.19. The Morgan fingerprint density at radius 1 is 0.686 bits per heavy atom. The van der Waals surface area contributed by atoms with Gasteiger partial charge in [0.15, 0.2) is 0 Å². The minimum Gasteiger partial charge on any atom is -0.394 e. The fourth-order valence-electron chi connectivity index (χ4n) is 7.71. The molecule has 0 aromatic heterocycles. The number of rotatable bonds is 16. The first kappa shape index (κ1) is 58.0. The molecule has 10 amide bonds. The highest BCUT2D eigenvalue weighted by Gasteiger charge is 2.43. The monoisotopic (exact) mass is 988 g/mol. The Hall–Kier alpha value is -6.28. The van der Waals surface area contributed by atoms with Gasteiger partial charge in [-0.25, -0.2) is 0 Å². The van der Waals surface area contributed by atoms with Crippen LogP contribution in [0.25, 0.3) is 0 Å². The number of aliphatic hydroxyl groups is 2. The number of nitrogens with one attached hydrogen (secondary N) is 10. The summed E-state index contributed by atoms with van der Waals surface area (Å²) in [6.45, 7) is 6.28. The van der Waals surface area contributed by atoms with Gasteiger partial charge in [0.25, 0.3) is 0 Å². The summed E-state index contributed by atoms with van der Waals surface area (Å²) >= 11 is 0. The van der Waals surface area contributed by atoms with Crippen LogP contribution in [-0.4, -0.2) is 163 Å². The number of hydrogen-bond acceptors (Lipinski definition) is 15. The molecule has 1 aromatic carbocycles. The molecule has 10 atom stereocenters. The summed E-state index contributed by atoms with van der Waals surface area (Å²) in [6.07, 6.45) is -2.36. The molecule has 2 heterocycles. The molecule has 2 aliphatic rings. The zero-order valence-corrected chi connectivity index (χ0v) is 40.4. The normalized spacial score (nSPS) is 26.4. The van der Waals surface area contributed by atoms with Gasteiger partial charge < -0.3 is 80.6 Å². The van der Waals surface area contributed by atoms with Gasteiger partial charge in [0.05, 0.1) is 12.7 Å². The van der Waals surface area contributed by atoms with Gasteiger partial charge in [-0.1, -0.05) is 58.0 Å². The Morgan fingerprint density at radius 3 is 1.66 bits per heavy atom. The van der Waals surface area contributed by atoms with Crippen LogP contribution in [0.4, 0.5) is 0 Å². The molecule has 3 rings (SSSR count). The highest BCUT2D eigenvalue weighted by atomic mass is 16.3. The first-order chi connectivity index (χ1) is 33.0. The summed E-state index contributed by atoms with van der Waals surface area (Å²) < 4.78 is 0. The molecule has 0 unspecified atom stereocenters. The Labute approximate surface area is 406 Å². The molecule has 70 heavy (non-hydrogen) atoms. The predicted molar refractivity (Wildman–Crippen MR) is 253 cm³/mol. The van der Waals surface area contributed by atoms with E-state index in [2.05, 4.69) is 53.2 Å². The fourth-order valence-corrected chi connectivity index (χ4v) is 7.71. The third-order valence-electron chi connectivity index (χ3n) is 11.7. The van der Waals surface area contributed by atoms with Gasteiger partial charge in [0.1, 0.15) is 54.4 Å². The van der Waals surface area contributed by atoms with Crippen LogP contribution in [-0.2, 0) is 54.4 Å². The van der Waals surface area contributed by atoms with Crippen LogP contribution in [0, 0.1) is 11.3 Å². The second kappa shape index (κ2) is 27.8. The molecule has 2 aliphatic heterocycles. The van der Waals surface area contributed by atoms with Crippen molar-refractivity contribution in [1.82, 2.24) is 53.2 Å². The van der Waals surface area contributed by atoms with E-state index in [4.69, 9.17) is 17.2 Å². The van der Waals surface area contributed by atoms with E-state index in [0.29, 0.717) is 5.56 Å². The third kappa shape index (κ3) is 17.6. The maximum absolute atomic E-state index is 14.3. The van der Waals surface area contributed by atoms with Gasteiger partial charge in [0.2, 0.25) is 59.1 Å². The van der Waals surface area contributed by atoms with Crippen LogP contribution in [0.1, 0.15) is 78.7 Å². The molecular formula is C45H73N13O12. The number of aliphatic hydroxyl groups excluding tert-OH is 2. The lowest BCUT2D eigenvalue weighted by Gasteiger charge is -2.28. The molecule has 1 aromatic rings. The number of nitrogens with two attached hydrogens (primary N) is 3. The van der Waals surface area contributed by atoms with E-state index in [1.165, 1.54) is 6.92 Å². The van der Waals surface area contributed by atoms with Crippen molar-refractivity contribution in [2.24, 2.45) is 28.5 Å². The lowest BCUT2D eigenvalue weighted by molar-refractivity contribution is -0.136. The van der Waals surface area contributed by atoms with Crippen LogP contribution in [0.2, 0.25) is 0 Å². The Morgan fingerprint density at radius 2 is 1.17 bits per heavy atom. The molecule has 390 valence electrons. The van der Waals surface area contributed by atoms with Gasteiger partial charge in [-0.2, -0.15) is 0 Å². The highest BCUT2D eigenvalue weighted by Crippen LogP contribution is 2.28. The summed E-state index contributed by atoms with van der Waals surface area (Å²) in [4.78, 5) is 137. The topological polar surface area (TPSA) is 410 Å². The SMILES string of the molecule is CC(C)C[C@@H]1NC(=O)[C@@H](Cc2ccccc2)NC(=O)[C@H](CCN)NC(=O)[C@@H](NC(=O)[C@@H](CO)NC(=O)[C@@H]2CC(C)(C)C(=O)N2)CCNC(=O)[C@H]([C@@H](C)O)NC(=O)[C@H](CCN)NC(=O)[C@H](CCN)NC1=O. The second-order valence-electron chi connectivity index (χ2n) is 18.6. The molecule has 25 nitrogen and oxygen atoms in total. The average Bonchev–Trinajstić information content (AvgIpc) is 3.58. The Balaban J connectivity index is 2.09. The molecule has 0 aliphatic carbocycles. The van der Waals surface area contributed by atoms with E-state index in [-0.39, 0.29) is 64.1 Å². The first-order valence-electron chi connectivity index (χ1n) is 23.5. The van der Waals surface area contributed by atoms with Crippen molar-refractivity contribution in [2.45, 2.75) is 140 Å². The van der Waals surface area contributed by atoms with E-state index in [1.807, 2.05) is 0 Å². The molecule has 0 saturated carbocycles. The maximum Gasteiger partial charge on any atom is 0.245 e. The number of amides is 10. The number of carbonyl (C=O) groups is 10. The molecule has 25 heteroatoms. The van der Waals surface area contributed by atoms with Crippen molar-refractivity contribution in [3.8, 4) is 0 Å². The molecule has 2 saturated heterocycles. The summed E-state index contributed by atoms with van der Waals surface area (Å²) in [5.41, 5.74) is 17.2. The molecule has 2 fully saturated rings. The lowest BCUT2D eigenvalue weighted by Crippen LogP contribution is -2.61. The van der Waals surface area contributed by atoms with Crippen LogP contribution < -0.4 is 70.4 Å². The summed E-state index contributed by atoms with van der Waals surface area (Å²) in [5.74, 6) is -8.68. The second-order valence-corrected chi connectivity index (χ2v) is 18.6. The van der Waals surface area contributed by atoms with Crippen molar-refractivity contribution >= 4 is 59.1 Å². The van der Waals surface area contributed by atoms with Gasteiger partial charge in [-0.3, -0.25) is 47.9 Å². The van der Waals surface area contributed by atoms with E-state index in [0.717, 1.165) is 0 Å². The molecule has 18 N–H and O–H groups in total. The van der Waals surface area contributed by atoms with Gasteiger partial charge in [-0.05, 0) is 76.6 Å².